The van der Waals surface area contributed by atoms with Gasteiger partial charge in [-0.25, -0.2) is 0 Å². The van der Waals surface area contributed by atoms with Gasteiger partial charge in [0, 0.05) is 16.6 Å². The van der Waals surface area contributed by atoms with Crippen molar-refractivity contribution in [3.8, 4) is 0 Å². The Kier molecular flexibility index (Phi) is 4.97. The first-order valence-electron chi connectivity index (χ1n) is 5.48. The molecule has 1 aromatic rings. The van der Waals surface area contributed by atoms with Gasteiger partial charge in [-0.1, -0.05) is 16.8 Å². The first-order chi connectivity index (χ1) is 8.45. The van der Waals surface area contributed by atoms with Gasteiger partial charge in [-0.05, 0) is 38.1 Å². The molecule has 0 saturated carbocycles. The lowest BCUT2D eigenvalue weighted by Gasteiger charge is -2.26. The van der Waals surface area contributed by atoms with Crippen LogP contribution in [0.2, 0.25) is 5.02 Å². The van der Waals surface area contributed by atoms with Crippen molar-refractivity contribution in [2.75, 3.05) is 6.54 Å². The van der Waals surface area contributed by atoms with Crippen molar-refractivity contribution in [2.45, 2.75) is 19.9 Å². The summed E-state index contributed by atoms with van der Waals surface area (Å²) in [6.07, 6.45) is 0. The molecule has 0 aliphatic heterocycles. The van der Waals surface area contributed by atoms with Gasteiger partial charge in [-0.15, -0.1) is 0 Å². The largest absolute Gasteiger partial charge is 0.409 e. The second-order valence-electron chi connectivity index (χ2n) is 4.13. The molecule has 98 valence electrons. The summed E-state index contributed by atoms with van der Waals surface area (Å²) < 4.78 is 0. The molecule has 0 aromatic heterocycles. The molecule has 5 nitrogen and oxygen atoms in total. The molecular weight excluding hydrogens is 254 g/mol. The van der Waals surface area contributed by atoms with Crippen molar-refractivity contribution in [3.63, 3.8) is 0 Å². The molecule has 1 aromatic carbocycles. The first-order valence-corrected chi connectivity index (χ1v) is 5.86. The predicted molar refractivity (Wildman–Crippen MR) is 71.0 cm³/mol. The lowest BCUT2D eigenvalue weighted by Crippen LogP contribution is -2.42. The van der Waals surface area contributed by atoms with E-state index in [-0.39, 0.29) is 24.3 Å². The van der Waals surface area contributed by atoms with E-state index in [4.69, 9.17) is 22.5 Å². The van der Waals surface area contributed by atoms with E-state index in [0.717, 1.165) is 0 Å². The normalized spacial score (nSPS) is 11.7. The highest BCUT2D eigenvalue weighted by molar-refractivity contribution is 6.30. The molecule has 0 saturated heterocycles. The minimum atomic E-state index is -0.187. The number of oxime groups is 1. The minimum absolute atomic E-state index is 0.00832. The molecule has 0 spiro atoms. The Morgan fingerprint density at radius 3 is 2.44 bits per heavy atom. The first kappa shape index (κ1) is 14.3. The summed E-state index contributed by atoms with van der Waals surface area (Å²) >= 11 is 5.77. The SMILES string of the molecule is CC(C)N(CC(N)=NO)C(=O)c1ccc(Cl)cc1. The number of benzene rings is 1. The highest BCUT2D eigenvalue weighted by Crippen LogP contribution is 2.13. The smallest absolute Gasteiger partial charge is 0.254 e. The van der Waals surface area contributed by atoms with E-state index in [1.807, 2.05) is 13.8 Å². The lowest BCUT2D eigenvalue weighted by atomic mass is 10.1. The number of carbonyl (C=O) groups is 1. The fourth-order valence-corrected chi connectivity index (χ4v) is 1.58. The van der Waals surface area contributed by atoms with Crippen LogP contribution in [-0.2, 0) is 0 Å². The highest BCUT2D eigenvalue weighted by atomic mass is 35.5. The number of carbonyl (C=O) groups excluding carboxylic acids is 1. The predicted octanol–water partition coefficient (Wildman–Crippen LogP) is 1.94. The Labute approximate surface area is 111 Å². The van der Waals surface area contributed by atoms with E-state index in [2.05, 4.69) is 5.16 Å². The summed E-state index contributed by atoms with van der Waals surface area (Å²) in [7, 11) is 0. The van der Waals surface area contributed by atoms with E-state index < -0.39 is 0 Å². The molecule has 6 heteroatoms. The van der Waals surface area contributed by atoms with Gasteiger partial charge in [-0.3, -0.25) is 4.79 Å². The zero-order valence-corrected chi connectivity index (χ0v) is 11.1. The van der Waals surface area contributed by atoms with E-state index in [9.17, 15) is 4.79 Å². The number of halogens is 1. The molecule has 0 atom stereocenters. The zero-order valence-electron chi connectivity index (χ0n) is 10.3. The van der Waals surface area contributed by atoms with Gasteiger partial charge in [0.05, 0.1) is 6.54 Å². The van der Waals surface area contributed by atoms with Crippen LogP contribution >= 0.6 is 11.6 Å². The second kappa shape index (κ2) is 6.26. The molecule has 18 heavy (non-hydrogen) atoms. The Bertz CT molecular complexity index is 443. The topological polar surface area (TPSA) is 78.9 Å². The molecule has 0 radical (unpaired) electrons. The van der Waals surface area contributed by atoms with Gasteiger partial charge in [0.1, 0.15) is 0 Å². The summed E-state index contributed by atoms with van der Waals surface area (Å²) in [6.45, 7) is 3.80. The van der Waals surface area contributed by atoms with Crippen molar-refractivity contribution in [1.82, 2.24) is 4.90 Å². The average Bonchev–Trinajstić information content (AvgIpc) is 2.35. The van der Waals surface area contributed by atoms with E-state index >= 15 is 0 Å². The molecule has 0 aliphatic carbocycles. The van der Waals surface area contributed by atoms with Crippen LogP contribution in [0.3, 0.4) is 0 Å². The van der Waals surface area contributed by atoms with Crippen LogP contribution in [0.25, 0.3) is 0 Å². The third kappa shape index (κ3) is 3.63. The Hall–Kier alpha value is -1.75. The summed E-state index contributed by atoms with van der Waals surface area (Å²) in [5.74, 6) is -0.195. The Balaban J connectivity index is 2.92. The Morgan fingerprint density at radius 1 is 1.44 bits per heavy atom. The number of nitrogens with zero attached hydrogens (tertiary/aromatic N) is 2. The maximum Gasteiger partial charge on any atom is 0.254 e. The number of amides is 1. The number of hydrogen-bond donors (Lipinski definition) is 2. The van der Waals surface area contributed by atoms with Crippen LogP contribution in [0.4, 0.5) is 0 Å². The van der Waals surface area contributed by atoms with Crippen molar-refractivity contribution in [2.24, 2.45) is 10.9 Å². The molecule has 0 heterocycles. The molecular formula is C12H16ClN3O2. The number of hydrogen-bond acceptors (Lipinski definition) is 3. The molecule has 3 N–H and O–H groups in total. The molecule has 0 aliphatic rings. The van der Waals surface area contributed by atoms with Gasteiger partial charge in [-0.2, -0.15) is 0 Å². The summed E-state index contributed by atoms with van der Waals surface area (Å²) in [6, 6.07) is 6.53. The monoisotopic (exact) mass is 269 g/mol. The fourth-order valence-electron chi connectivity index (χ4n) is 1.45. The van der Waals surface area contributed by atoms with E-state index in [0.29, 0.717) is 10.6 Å². The quantitative estimate of drug-likeness (QED) is 0.379. The van der Waals surface area contributed by atoms with Crippen LogP contribution in [-0.4, -0.2) is 34.4 Å². The summed E-state index contributed by atoms with van der Waals surface area (Å²) in [4.78, 5) is 13.8. The number of amidine groups is 1. The van der Waals surface area contributed by atoms with Gasteiger partial charge in [0.15, 0.2) is 5.84 Å². The molecule has 0 bridgehead atoms. The van der Waals surface area contributed by atoms with Crippen molar-refractivity contribution < 1.29 is 10.0 Å². The fraction of sp³-hybridized carbons (Fsp3) is 0.333. The standard InChI is InChI=1S/C12H16ClN3O2/c1-8(2)16(7-11(14)15-18)12(17)9-3-5-10(13)6-4-9/h3-6,8,18H,7H2,1-2H3,(H2,14,15). The average molecular weight is 270 g/mol. The summed E-state index contributed by atoms with van der Waals surface area (Å²) in [5, 5.41) is 12.0. The molecule has 0 fully saturated rings. The molecule has 1 rings (SSSR count). The maximum atomic E-state index is 12.2. The number of rotatable bonds is 4. The van der Waals surface area contributed by atoms with Crippen molar-refractivity contribution in [1.29, 1.82) is 0 Å². The lowest BCUT2D eigenvalue weighted by molar-refractivity contribution is 0.0734. The van der Waals surface area contributed by atoms with Crippen LogP contribution < -0.4 is 5.73 Å². The molecule has 0 unspecified atom stereocenters. The van der Waals surface area contributed by atoms with Crippen molar-refractivity contribution >= 4 is 23.3 Å². The Morgan fingerprint density at radius 2 is 2.00 bits per heavy atom. The van der Waals surface area contributed by atoms with Gasteiger partial charge < -0.3 is 15.8 Å². The van der Waals surface area contributed by atoms with Crippen molar-refractivity contribution in [3.05, 3.63) is 34.9 Å². The highest BCUT2D eigenvalue weighted by Gasteiger charge is 2.19. The maximum absolute atomic E-state index is 12.2. The van der Waals surface area contributed by atoms with Gasteiger partial charge >= 0.3 is 0 Å². The van der Waals surface area contributed by atoms with Gasteiger partial charge in [0.25, 0.3) is 5.91 Å². The van der Waals surface area contributed by atoms with Crippen LogP contribution in [0.1, 0.15) is 24.2 Å². The van der Waals surface area contributed by atoms with Crippen LogP contribution in [0.15, 0.2) is 29.4 Å². The van der Waals surface area contributed by atoms with Crippen LogP contribution in [0, 0.1) is 0 Å². The second-order valence-corrected chi connectivity index (χ2v) is 4.56. The zero-order chi connectivity index (χ0) is 13.7. The minimum Gasteiger partial charge on any atom is -0.409 e. The third-order valence-electron chi connectivity index (χ3n) is 2.44. The summed E-state index contributed by atoms with van der Waals surface area (Å²) in [5.41, 5.74) is 5.95. The number of nitrogens with two attached hydrogens (primary N) is 1. The third-order valence-corrected chi connectivity index (χ3v) is 2.69. The molecule has 1 amide bonds. The van der Waals surface area contributed by atoms with E-state index in [1.165, 1.54) is 4.90 Å². The van der Waals surface area contributed by atoms with Gasteiger partial charge in [0.2, 0.25) is 0 Å². The van der Waals surface area contributed by atoms with E-state index in [1.54, 1.807) is 24.3 Å². The van der Waals surface area contributed by atoms with Crippen LogP contribution in [0.5, 0.6) is 0 Å².